The summed E-state index contributed by atoms with van der Waals surface area (Å²) in [4.78, 5) is 12.5. The summed E-state index contributed by atoms with van der Waals surface area (Å²) in [6, 6.07) is 9.07. The molecule has 6 nitrogen and oxygen atoms in total. The van der Waals surface area contributed by atoms with E-state index in [2.05, 4.69) is 5.32 Å². The van der Waals surface area contributed by atoms with Crippen molar-refractivity contribution in [2.75, 3.05) is 23.7 Å². The summed E-state index contributed by atoms with van der Waals surface area (Å²) in [5.41, 5.74) is 0.903. The van der Waals surface area contributed by atoms with Crippen molar-refractivity contribution in [2.45, 2.75) is 32.7 Å². The Labute approximate surface area is 175 Å². The molecule has 0 saturated heterocycles. The molecule has 9 heteroatoms. The van der Waals surface area contributed by atoms with Crippen molar-refractivity contribution in [1.29, 1.82) is 0 Å². The molecule has 0 fully saturated rings. The van der Waals surface area contributed by atoms with E-state index in [1.165, 1.54) is 6.92 Å². The third kappa shape index (κ3) is 5.91. The van der Waals surface area contributed by atoms with Gasteiger partial charge in [0, 0.05) is 6.07 Å². The normalized spacial score (nSPS) is 12.5. The number of hydrogen-bond acceptors (Lipinski definition) is 4. The van der Waals surface area contributed by atoms with Gasteiger partial charge in [-0.15, -0.1) is 0 Å². The van der Waals surface area contributed by atoms with Crippen molar-refractivity contribution in [1.82, 2.24) is 5.32 Å². The van der Waals surface area contributed by atoms with E-state index in [1.807, 2.05) is 38.1 Å². The number of benzene rings is 2. The van der Waals surface area contributed by atoms with Crippen LogP contribution >= 0.6 is 0 Å². The van der Waals surface area contributed by atoms with Crippen molar-refractivity contribution in [2.24, 2.45) is 0 Å². The molecule has 2 aromatic carbocycles. The predicted molar refractivity (Wildman–Crippen MR) is 112 cm³/mol. The number of para-hydroxylation sites is 1. The first kappa shape index (κ1) is 23.6. The first-order valence-electron chi connectivity index (χ1n) is 9.46. The van der Waals surface area contributed by atoms with E-state index in [-0.39, 0.29) is 24.8 Å². The number of halogens is 2. The Morgan fingerprint density at radius 1 is 1.10 bits per heavy atom. The average Bonchev–Trinajstić information content (AvgIpc) is 2.67. The van der Waals surface area contributed by atoms with Gasteiger partial charge in [0.05, 0.1) is 18.5 Å². The second kappa shape index (κ2) is 9.88. The highest BCUT2D eigenvalue weighted by Crippen LogP contribution is 2.26. The zero-order chi connectivity index (χ0) is 22.5. The molecule has 0 radical (unpaired) electrons. The molecule has 0 spiro atoms. The van der Waals surface area contributed by atoms with E-state index in [0.29, 0.717) is 5.75 Å². The van der Waals surface area contributed by atoms with E-state index in [9.17, 15) is 22.0 Å². The minimum Gasteiger partial charge on any atom is -0.491 e. The lowest BCUT2D eigenvalue weighted by Crippen LogP contribution is -2.48. The van der Waals surface area contributed by atoms with E-state index < -0.39 is 33.6 Å². The lowest BCUT2D eigenvalue weighted by atomic mass is 10.0. The molecule has 164 valence electrons. The molecule has 0 heterocycles. The predicted octanol–water partition coefficient (Wildman–Crippen LogP) is 3.44. The van der Waals surface area contributed by atoms with Crippen LogP contribution in [0.4, 0.5) is 14.5 Å². The smallest absolute Gasteiger partial charge is 0.243 e. The highest BCUT2D eigenvalue weighted by molar-refractivity contribution is 7.92. The van der Waals surface area contributed by atoms with Crippen LogP contribution in [0.2, 0.25) is 0 Å². The fourth-order valence-electron chi connectivity index (χ4n) is 3.00. The first-order chi connectivity index (χ1) is 14.0. The van der Waals surface area contributed by atoms with Crippen molar-refractivity contribution < 1.29 is 26.7 Å². The highest BCUT2D eigenvalue weighted by atomic mass is 32.2. The molecule has 0 saturated carbocycles. The molecule has 0 aromatic heterocycles. The molecule has 2 aromatic rings. The standard InChI is InChI=1S/C21H26F2N2O4S/c1-14(2)17-7-5-6-8-20(17)29-12-11-24-21(26)15(3)25(30(4,27)28)16-9-10-18(22)19(23)13-16/h5-10,13-15H,11-12H2,1-4H3,(H,24,26). The van der Waals surface area contributed by atoms with Gasteiger partial charge in [-0.05, 0) is 36.6 Å². The van der Waals surface area contributed by atoms with Crippen LogP contribution in [0.1, 0.15) is 32.3 Å². The number of rotatable bonds is 9. The highest BCUT2D eigenvalue weighted by Gasteiger charge is 2.29. The number of nitrogens with one attached hydrogen (secondary N) is 1. The fraction of sp³-hybridized carbons (Fsp3) is 0.381. The lowest BCUT2D eigenvalue weighted by Gasteiger charge is -2.28. The maximum Gasteiger partial charge on any atom is 0.243 e. The van der Waals surface area contributed by atoms with Crippen molar-refractivity contribution >= 4 is 21.6 Å². The quantitative estimate of drug-likeness (QED) is 0.606. The molecule has 1 atom stereocenters. The third-order valence-corrected chi connectivity index (χ3v) is 5.69. The van der Waals surface area contributed by atoms with Gasteiger partial charge >= 0.3 is 0 Å². The van der Waals surface area contributed by atoms with Gasteiger partial charge in [0.1, 0.15) is 18.4 Å². The lowest BCUT2D eigenvalue weighted by molar-refractivity contribution is -0.121. The van der Waals surface area contributed by atoms with Crippen LogP contribution in [0.5, 0.6) is 5.75 Å². The van der Waals surface area contributed by atoms with Gasteiger partial charge in [0.2, 0.25) is 15.9 Å². The van der Waals surface area contributed by atoms with E-state index in [1.54, 1.807) is 0 Å². The van der Waals surface area contributed by atoms with Crippen molar-refractivity contribution in [3.8, 4) is 5.75 Å². The summed E-state index contributed by atoms with van der Waals surface area (Å²) in [6.07, 6.45) is 0.893. The number of carbonyl (C=O) groups is 1. The molecule has 0 aliphatic rings. The molecule has 0 aliphatic carbocycles. The molecule has 2 rings (SSSR count). The van der Waals surface area contributed by atoms with Crippen molar-refractivity contribution in [3.63, 3.8) is 0 Å². The monoisotopic (exact) mass is 440 g/mol. The maximum absolute atomic E-state index is 13.6. The van der Waals surface area contributed by atoms with E-state index >= 15 is 0 Å². The Morgan fingerprint density at radius 2 is 1.77 bits per heavy atom. The van der Waals surface area contributed by atoms with Crippen LogP contribution in [0.15, 0.2) is 42.5 Å². The molecule has 0 bridgehead atoms. The van der Waals surface area contributed by atoms with Gasteiger partial charge in [0.25, 0.3) is 0 Å². The van der Waals surface area contributed by atoms with Crippen LogP contribution in [-0.4, -0.2) is 39.8 Å². The largest absolute Gasteiger partial charge is 0.491 e. The second-order valence-electron chi connectivity index (χ2n) is 7.17. The Hall–Kier alpha value is -2.68. The van der Waals surface area contributed by atoms with Gasteiger partial charge in [-0.3, -0.25) is 9.10 Å². The molecule has 1 amide bonds. The Bertz CT molecular complexity index is 996. The van der Waals surface area contributed by atoms with Crippen LogP contribution in [0.25, 0.3) is 0 Å². The summed E-state index contributed by atoms with van der Waals surface area (Å²) in [5.74, 6) is -1.91. The summed E-state index contributed by atoms with van der Waals surface area (Å²) in [5, 5.41) is 2.61. The molecule has 0 aliphatic heterocycles. The third-order valence-electron chi connectivity index (χ3n) is 4.45. The number of ether oxygens (including phenoxy) is 1. The summed E-state index contributed by atoms with van der Waals surface area (Å²) < 4.78 is 57.7. The van der Waals surface area contributed by atoms with Crippen LogP contribution in [0.3, 0.4) is 0 Å². The number of amides is 1. The molecular formula is C21H26F2N2O4S. The Kier molecular flexibility index (Phi) is 7.77. The van der Waals surface area contributed by atoms with Gasteiger partial charge in [-0.2, -0.15) is 0 Å². The number of nitrogens with zero attached hydrogens (tertiary/aromatic N) is 1. The van der Waals surface area contributed by atoms with Gasteiger partial charge in [-0.1, -0.05) is 32.0 Å². The Balaban J connectivity index is 2.03. The molecular weight excluding hydrogens is 414 g/mol. The van der Waals surface area contributed by atoms with Gasteiger partial charge in [0.15, 0.2) is 11.6 Å². The summed E-state index contributed by atoms with van der Waals surface area (Å²) >= 11 is 0. The minimum absolute atomic E-state index is 0.138. The average molecular weight is 441 g/mol. The topological polar surface area (TPSA) is 75.7 Å². The van der Waals surface area contributed by atoms with Crippen LogP contribution in [-0.2, 0) is 14.8 Å². The zero-order valence-electron chi connectivity index (χ0n) is 17.4. The molecule has 1 unspecified atom stereocenters. The number of sulfonamides is 1. The number of carbonyl (C=O) groups excluding carboxylic acids is 1. The minimum atomic E-state index is -3.93. The van der Waals surface area contributed by atoms with Gasteiger partial charge < -0.3 is 10.1 Å². The molecule has 30 heavy (non-hydrogen) atoms. The number of hydrogen-bond donors (Lipinski definition) is 1. The first-order valence-corrected chi connectivity index (χ1v) is 11.3. The molecule has 1 N–H and O–H groups in total. The Morgan fingerprint density at radius 3 is 2.37 bits per heavy atom. The maximum atomic E-state index is 13.6. The van der Waals surface area contributed by atoms with Crippen molar-refractivity contribution in [3.05, 3.63) is 59.7 Å². The number of anilines is 1. The van der Waals surface area contributed by atoms with Crippen LogP contribution < -0.4 is 14.4 Å². The summed E-state index contributed by atoms with van der Waals surface area (Å²) in [6.45, 7) is 5.79. The second-order valence-corrected chi connectivity index (χ2v) is 9.02. The van der Waals surface area contributed by atoms with E-state index in [0.717, 1.165) is 34.3 Å². The van der Waals surface area contributed by atoms with E-state index in [4.69, 9.17) is 4.74 Å². The van der Waals surface area contributed by atoms with Gasteiger partial charge in [-0.25, -0.2) is 17.2 Å². The zero-order valence-corrected chi connectivity index (χ0v) is 18.2. The van der Waals surface area contributed by atoms with Crippen LogP contribution in [0, 0.1) is 11.6 Å². The summed E-state index contributed by atoms with van der Waals surface area (Å²) in [7, 11) is -3.93. The fourth-order valence-corrected chi connectivity index (χ4v) is 4.17. The SMILES string of the molecule is CC(C)c1ccccc1OCCNC(=O)C(C)N(c1ccc(F)c(F)c1)S(C)(=O)=O.